The summed E-state index contributed by atoms with van der Waals surface area (Å²) >= 11 is 0. The van der Waals surface area contributed by atoms with Crippen molar-refractivity contribution in [1.82, 2.24) is 5.16 Å². The summed E-state index contributed by atoms with van der Waals surface area (Å²) in [7, 11) is 0. The molecule has 1 aliphatic rings. The van der Waals surface area contributed by atoms with Gasteiger partial charge in [-0.3, -0.25) is 4.79 Å². The predicted octanol–water partition coefficient (Wildman–Crippen LogP) is 6.16. The summed E-state index contributed by atoms with van der Waals surface area (Å²) in [4.78, 5) is 11.3. The van der Waals surface area contributed by atoms with Crippen molar-refractivity contribution >= 4 is 5.97 Å². The van der Waals surface area contributed by atoms with Crippen molar-refractivity contribution in [1.29, 1.82) is 0 Å². The highest BCUT2D eigenvalue weighted by Gasteiger charge is 2.35. The van der Waals surface area contributed by atoms with Crippen molar-refractivity contribution < 1.29 is 19.2 Å². The number of hydrogen-bond acceptors (Lipinski definition) is 4. The minimum absolute atomic E-state index is 0.0602. The van der Waals surface area contributed by atoms with Gasteiger partial charge < -0.3 is 14.4 Å². The summed E-state index contributed by atoms with van der Waals surface area (Å²) in [5.74, 6) is 0.947. The first kappa shape index (κ1) is 22.5. The highest BCUT2D eigenvalue weighted by molar-refractivity contribution is 5.67. The van der Waals surface area contributed by atoms with Crippen LogP contribution < -0.4 is 0 Å². The number of ether oxygens (including phenoxy) is 1. The zero-order valence-electron chi connectivity index (χ0n) is 18.5. The molecule has 0 bridgehead atoms. The van der Waals surface area contributed by atoms with E-state index in [4.69, 9.17) is 9.26 Å². The third kappa shape index (κ3) is 6.98. The molecule has 1 heterocycles. The lowest BCUT2D eigenvalue weighted by Gasteiger charge is -2.37. The van der Waals surface area contributed by atoms with Crippen LogP contribution in [0.25, 0.3) is 0 Å². The second-order valence-electron chi connectivity index (χ2n) is 9.93. The van der Waals surface area contributed by atoms with E-state index in [0.717, 1.165) is 36.4 Å². The van der Waals surface area contributed by atoms with Crippen molar-refractivity contribution in [3.63, 3.8) is 0 Å². The number of aliphatic carboxylic acids is 1. The molecule has 1 aromatic carbocycles. The van der Waals surface area contributed by atoms with E-state index in [1.54, 1.807) is 0 Å². The zero-order chi connectivity index (χ0) is 21.6. The summed E-state index contributed by atoms with van der Waals surface area (Å²) in [6, 6.07) is 12.1. The second-order valence-corrected chi connectivity index (χ2v) is 9.93. The molecular formula is C25H35NO4. The van der Waals surface area contributed by atoms with Gasteiger partial charge >= 0.3 is 5.97 Å². The van der Waals surface area contributed by atoms with Crippen LogP contribution in [0.4, 0.5) is 0 Å². The van der Waals surface area contributed by atoms with Gasteiger partial charge in [-0.2, -0.15) is 0 Å². The molecule has 0 radical (unpaired) electrons. The van der Waals surface area contributed by atoms with Gasteiger partial charge in [-0.25, -0.2) is 0 Å². The number of hydrogen-bond donors (Lipinski definition) is 1. The fraction of sp³-hybridized carbons (Fsp3) is 0.600. The van der Waals surface area contributed by atoms with Crippen molar-refractivity contribution in [2.24, 2.45) is 11.3 Å². The van der Waals surface area contributed by atoms with Gasteiger partial charge in [0.1, 0.15) is 5.76 Å². The number of carboxylic acids is 1. The standard InChI is InChI=1S/C25H35NO4/c1-25(2,3)16-19-12-21(13-19)22-15-23(30-26-22)20(14-24(27)28)10-7-11-29-17-18-8-5-4-6-9-18/h4-6,8-9,15,19-21H,7,10-14,16-17H2,1-3H3,(H,27,28). The Bertz CT molecular complexity index is 787. The van der Waals surface area contributed by atoms with E-state index in [-0.39, 0.29) is 12.3 Å². The van der Waals surface area contributed by atoms with E-state index >= 15 is 0 Å². The highest BCUT2D eigenvalue weighted by atomic mass is 16.5. The Morgan fingerprint density at radius 2 is 2.00 bits per heavy atom. The number of nitrogens with zero attached hydrogens (tertiary/aromatic N) is 1. The second kappa shape index (κ2) is 10.3. The Morgan fingerprint density at radius 1 is 1.27 bits per heavy atom. The molecule has 1 atom stereocenters. The summed E-state index contributed by atoms with van der Waals surface area (Å²) < 4.78 is 11.3. The third-order valence-corrected chi connectivity index (χ3v) is 5.88. The molecule has 5 heteroatoms. The van der Waals surface area contributed by atoms with Crippen LogP contribution in [0.5, 0.6) is 0 Å². The van der Waals surface area contributed by atoms with Crippen LogP contribution in [0.2, 0.25) is 0 Å². The van der Waals surface area contributed by atoms with Crippen molar-refractivity contribution in [2.75, 3.05) is 6.61 Å². The molecule has 0 spiro atoms. The van der Waals surface area contributed by atoms with Crippen molar-refractivity contribution in [3.8, 4) is 0 Å². The molecule has 164 valence electrons. The van der Waals surface area contributed by atoms with Crippen LogP contribution >= 0.6 is 0 Å². The molecule has 1 saturated carbocycles. The SMILES string of the molecule is CC(C)(C)CC1CC(c2cc(C(CCCOCc3ccccc3)CC(=O)O)on2)C1. The maximum atomic E-state index is 11.3. The molecular weight excluding hydrogens is 378 g/mol. The van der Waals surface area contributed by atoms with Crippen molar-refractivity contribution in [2.45, 2.75) is 77.7 Å². The van der Waals surface area contributed by atoms with Crippen LogP contribution in [0, 0.1) is 11.3 Å². The highest BCUT2D eigenvalue weighted by Crippen LogP contribution is 2.46. The maximum absolute atomic E-state index is 11.3. The number of carboxylic acid groups (broad SMARTS) is 1. The van der Waals surface area contributed by atoms with Crippen LogP contribution in [-0.4, -0.2) is 22.8 Å². The van der Waals surface area contributed by atoms with Crippen molar-refractivity contribution in [3.05, 3.63) is 53.4 Å². The zero-order valence-corrected chi connectivity index (χ0v) is 18.5. The Morgan fingerprint density at radius 3 is 2.67 bits per heavy atom. The van der Waals surface area contributed by atoms with Gasteiger partial charge in [-0.15, -0.1) is 0 Å². The molecule has 0 aliphatic heterocycles. The normalized spacial score (nSPS) is 20.0. The summed E-state index contributed by atoms with van der Waals surface area (Å²) in [6.07, 6.45) is 5.11. The van der Waals surface area contributed by atoms with E-state index in [1.165, 1.54) is 6.42 Å². The molecule has 2 aromatic rings. The lowest BCUT2D eigenvalue weighted by molar-refractivity contribution is -0.137. The summed E-state index contributed by atoms with van der Waals surface area (Å²) in [5.41, 5.74) is 2.50. The summed E-state index contributed by atoms with van der Waals surface area (Å²) in [5, 5.41) is 13.6. The molecule has 1 fully saturated rings. The van der Waals surface area contributed by atoms with Gasteiger partial charge in [-0.1, -0.05) is 56.3 Å². The molecule has 1 aliphatic carbocycles. The van der Waals surface area contributed by atoms with Gasteiger partial charge in [0.15, 0.2) is 0 Å². The minimum Gasteiger partial charge on any atom is -0.481 e. The van der Waals surface area contributed by atoms with Gasteiger partial charge in [0, 0.05) is 24.5 Å². The topological polar surface area (TPSA) is 72.6 Å². The summed E-state index contributed by atoms with van der Waals surface area (Å²) in [6.45, 7) is 8.04. The van der Waals surface area contributed by atoms with Gasteiger partial charge in [0.2, 0.25) is 0 Å². The fourth-order valence-electron chi connectivity index (χ4n) is 4.45. The smallest absolute Gasteiger partial charge is 0.304 e. The molecule has 1 N–H and O–H groups in total. The van der Waals surface area contributed by atoms with Gasteiger partial charge in [-0.05, 0) is 49.0 Å². The third-order valence-electron chi connectivity index (χ3n) is 5.88. The Balaban J connectivity index is 1.46. The number of benzene rings is 1. The lowest BCUT2D eigenvalue weighted by Crippen LogP contribution is -2.26. The predicted molar refractivity (Wildman–Crippen MR) is 116 cm³/mol. The minimum atomic E-state index is -0.808. The van der Waals surface area contributed by atoms with E-state index in [2.05, 4.69) is 25.9 Å². The average molecular weight is 414 g/mol. The van der Waals surface area contributed by atoms with E-state index in [0.29, 0.717) is 36.7 Å². The van der Waals surface area contributed by atoms with Crippen LogP contribution in [-0.2, 0) is 16.1 Å². The molecule has 0 amide bonds. The first-order valence-corrected chi connectivity index (χ1v) is 11.1. The van der Waals surface area contributed by atoms with E-state index in [9.17, 15) is 9.90 Å². The monoisotopic (exact) mass is 413 g/mol. The van der Waals surface area contributed by atoms with Crippen LogP contribution in [0.3, 0.4) is 0 Å². The van der Waals surface area contributed by atoms with Gasteiger partial charge in [0.25, 0.3) is 0 Å². The Kier molecular flexibility index (Phi) is 7.70. The first-order valence-electron chi connectivity index (χ1n) is 11.1. The molecule has 30 heavy (non-hydrogen) atoms. The average Bonchev–Trinajstić information content (AvgIpc) is 3.12. The first-order chi connectivity index (χ1) is 14.3. The quantitative estimate of drug-likeness (QED) is 0.447. The van der Waals surface area contributed by atoms with Crippen LogP contribution in [0.15, 0.2) is 40.9 Å². The number of carbonyl (C=O) groups is 1. The fourth-order valence-corrected chi connectivity index (χ4v) is 4.45. The largest absolute Gasteiger partial charge is 0.481 e. The molecule has 1 aromatic heterocycles. The van der Waals surface area contributed by atoms with Gasteiger partial charge in [0.05, 0.1) is 18.7 Å². The molecule has 5 nitrogen and oxygen atoms in total. The molecule has 0 saturated heterocycles. The Labute approximate surface area is 179 Å². The van der Waals surface area contributed by atoms with E-state index in [1.807, 2.05) is 36.4 Å². The number of rotatable bonds is 11. The molecule has 3 rings (SSSR count). The Hall–Kier alpha value is -2.14. The number of aromatic nitrogens is 1. The lowest BCUT2D eigenvalue weighted by atomic mass is 9.67. The maximum Gasteiger partial charge on any atom is 0.304 e. The van der Waals surface area contributed by atoms with Crippen LogP contribution in [0.1, 0.15) is 88.1 Å². The molecule has 1 unspecified atom stereocenters. The van der Waals surface area contributed by atoms with E-state index < -0.39 is 5.97 Å².